The van der Waals surface area contributed by atoms with Crippen molar-refractivity contribution in [3.8, 4) is 5.75 Å². The standard InChI is InChI=1S/C10H8N4O7/c15-8-6(13(18)19)2-4(3-7(8)14(20)21)1-5-9(16)12-10(17)11-5/h2-3,5,15H,1H2,(H2,11,12,16,17)/t5-/m0/s1. The SMILES string of the molecule is O=C1NC(=O)[C@H](Cc2cc([N+](=O)[O-])c(O)c([N+](=O)[O-])c2)N1. The number of carbonyl (C=O) groups is 2. The zero-order chi connectivity index (χ0) is 15.7. The van der Waals surface area contributed by atoms with Gasteiger partial charge in [0.05, 0.1) is 9.85 Å². The quantitative estimate of drug-likeness (QED) is 0.398. The molecule has 0 unspecified atom stereocenters. The number of rotatable bonds is 4. The number of aromatic hydroxyl groups is 1. The Morgan fingerprint density at radius 2 is 1.67 bits per heavy atom. The number of hydrogen-bond acceptors (Lipinski definition) is 7. The van der Waals surface area contributed by atoms with Gasteiger partial charge in [0.15, 0.2) is 0 Å². The van der Waals surface area contributed by atoms with Gasteiger partial charge in [-0.2, -0.15) is 0 Å². The van der Waals surface area contributed by atoms with Gasteiger partial charge in [-0.1, -0.05) is 0 Å². The third kappa shape index (κ3) is 2.70. The summed E-state index contributed by atoms with van der Waals surface area (Å²) < 4.78 is 0. The Labute approximate surface area is 115 Å². The third-order valence-corrected chi connectivity index (χ3v) is 2.82. The van der Waals surface area contributed by atoms with Gasteiger partial charge in [0.25, 0.3) is 11.7 Å². The number of phenols is 1. The highest BCUT2D eigenvalue weighted by Gasteiger charge is 2.32. The second-order valence-corrected chi connectivity index (χ2v) is 4.22. The molecule has 0 saturated carbocycles. The summed E-state index contributed by atoms with van der Waals surface area (Å²) >= 11 is 0. The molecule has 1 aromatic rings. The Bertz CT molecular complexity index is 636. The van der Waals surface area contributed by atoms with Crippen LogP contribution in [0.25, 0.3) is 0 Å². The molecule has 0 aliphatic carbocycles. The fraction of sp³-hybridized carbons (Fsp3) is 0.200. The fourth-order valence-electron chi connectivity index (χ4n) is 1.90. The summed E-state index contributed by atoms with van der Waals surface area (Å²) in [6.07, 6.45) is -0.181. The van der Waals surface area contributed by atoms with E-state index in [9.17, 15) is 34.9 Å². The minimum absolute atomic E-state index is 0.0635. The molecule has 1 fully saturated rings. The van der Waals surface area contributed by atoms with E-state index < -0.39 is 45.0 Å². The number of amides is 3. The van der Waals surface area contributed by atoms with E-state index in [1.165, 1.54) is 0 Å². The molecule has 1 aliphatic heterocycles. The molecule has 0 spiro atoms. The maximum Gasteiger partial charge on any atom is 0.322 e. The summed E-state index contributed by atoms with van der Waals surface area (Å²) in [7, 11) is 0. The molecule has 1 saturated heterocycles. The molecule has 1 aliphatic rings. The van der Waals surface area contributed by atoms with Crippen LogP contribution in [0.2, 0.25) is 0 Å². The van der Waals surface area contributed by atoms with E-state index in [2.05, 4.69) is 5.32 Å². The van der Waals surface area contributed by atoms with Crippen LogP contribution in [0.1, 0.15) is 5.56 Å². The highest BCUT2D eigenvalue weighted by Crippen LogP contribution is 2.36. The molecule has 2 rings (SSSR count). The number of imide groups is 1. The van der Waals surface area contributed by atoms with Crippen LogP contribution in [-0.4, -0.2) is 32.9 Å². The van der Waals surface area contributed by atoms with Crippen LogP contribution in [-0.2, 0) is 11.2 Å². The number of nitro benzene ring substituents is 2. The average molecular weight is 296 g/mol. The van der Waals surface area contributed by atoms with Gasteiger partial charge in [-0.15, -0.1) is 0 Å². The van der Waals surface area contributed by atoms with Gasteiger partial charge in [0.2, 0.25) is 0 Å². The largest absolute Gasteiger partial charge is 0.497 e. The lowest BCUT2D eigenvalue weighted by Crippen LogP contribution is -2.31. The van der Waals surface area contributed by atoms with Gasteiger partial charge in [0.1, 0.15) is 6.04 Å². The topological polar surface area (TPSA) is 165 Å². The summed E-state index contributed by atoms with van der Waals surface area (Å²) in [6, 6.07) is 0.134. The smallest absolute Gasteiger partial charge is 0.322 e. The molecular weight excluding hydrogens is 288 g/mol. The van der Waals surface area contributed by atoms with Crippen LogP contribution in [0.5, 0.6) is 5.75 Å². The fourth-order valence-corrected chi connectivity index (χ4v) is 1.90. The van der Waals surface area contributed by atoms with Crippen molar-refractivity contribution in [1.29, 1.82) is 0 Å². The second kappa shape index (κ2) is 5.03. The number of hydrogen-bond donors (Lipinski definition) is 3. The highest BCUT2D eigenvalue weighted by molar-refractivity contribution is 6.04. The summed E-state index contributed by atoms with van der Waals surface area (Å²) in [5, 5.41) is 35.3. The maximum absolute atomic E-state index is 11.4. The Kier molecular flexibility index (Phi) is 3.40. The monoisotopic (exact) mass is 296 g/mol. The number of phenolic OH excluding ortho intramolecular Hbond substituents is 1. The van der Waals surface area contributed by atoms with E-state index in [1.54, 1.807) is 0 Å². The van der Waals surface area contributed by atoms with Crippen molar-refractivity contribution in [3.63, 3.8) is 0 Å². The molecule has 1 aromatic carbocycles. The molecule has 0 bridgehead atoms. The van der Waals surface area contributed by atoms with Crippen molar-refractivity contribution in [3.05, 3.63) is 37.9 Å². The minimum atomic E-state index is -1.06. The van der Waals surface area contributed by atoms with Crippen molar-refractivity contribution < 1.29 is 24.5 Å². The Morgan fingerprint density at radius 1 is 1.14 bits per heavy atom. The average Bonchev–Trinajstić information content (AvgIpc) is 2.69. The van der Waals surface area contributed by atoms with Crippen LogP contribution in [0.4, 0.5) is 16.2 Å². The van der Waals surface area contributed by atoms with E-state index >= 15 is 0 Å². The number of benzene rings is 1. The molecule has 11 heteroatoms. The van der Waals surface area contributed by atoms with Gasteiger partial charge in [0, 0.05) is 18.6 Å². The summed E-state index contributed by atoms with van der Waals surface area (Å²) in [6.45, 7) is 0. The number of nitro groups is 2. The number of carbonyl (C=O) groups excluding carboxylic acids is 2. The summed E-state index contributed by atoms with van der Waals surface area (Å²) in [4.78, 5) is 41.9. The third-order valence-electron chi connectivity index (χ3n) is 2.82. The zero-order valence-electron chi connectivity index (χ0n) is 10.2. The van der Waals surface area contributed by atoms with E-state index in [0.29, 0.717) is 0 Å². The zero-order valence-corrected chi connectivity index (χ0v) is 10.2. The van der Waals surface area contributed by atoms with Gasteiger partial charge >= 0.3 is 17.4 Å². The Morgan fingerprint density at radius 3 is 2.05 bits per heavy atom. The van der Waals surface area contributed by atoms with Gasteiger partial charge < -0.3 is 10.4 Å². The van der Waals surface area contributed by atoms with E-state index in [-0.39, 0.29) is 12.0 Å². The Hall–Kier alpha value is -3.24. The summed E-state index contributed by atoms with van der Waals surface area (Å²) in [5.74, 6) is -1.70. The first-order valence-corrected chi connectivity index (χ1v) is 5.55. The molecule has 3 N–H and O–H groups in total. The number of nitrogens with one attached hydrogen (secondary N) is 2. The normalized spacial score (nSPS) is 17.2. The number of nitrogens with zero attached hydrogens (tertiary/aromatic N) is 2. The number of urea groups is 1. The minimum Gasteiger partial charge on any atom is -0.497 e. The molecule has 11 nitrogen and oxygen atoms in total. The lowest BCUT2D eigenvalue weighted by atomic mass is 10.0. The lowest BCUT2D eigenvalue weighted by Gasteiger charge is -2.07. The van der Waals surface area contributed by atoms with Crippen LogP contribution in [0.3, 0.4) is 0 Å². The van der Waals surface area contributed by atoms with Gasteiger partial charge in [-0.3, -0.25) is 30.3 Å². The molecule has 0 aromatic heterocycles. The van der Waals surface area contributed by atoms with Crippen molar-refractivity contribution >= 4 is 23.3 Å². The van der Waals surface area contributed by atoms with E-state index in [0.717, 1.165) is 12.1 Å². The predicted octanol–water partition coefficient (Wildman–Crippen LogP) is -0.0409. The molecule has 1 atom stereocenters. The predicted molar refractivity (Wildman–Crippen MR) is 65.6 cm³/mol. The van der Waals surface area contributed by atoms with Crippen LogP contribution in [0.15, 0.2) is 12.1 Å². The van der Waals surface area contributed by atoms with Crippen molar-refractivity contribution in [2.45, 2.75) is 12.5 Å². The Balaban J connectivity index is 2.40. The molecule has 1 heterocycles. The molecular formula is C10H8N4O7. The van der Waals surface area contributed by atoms with Crippen LogP contribution < -0.4 is 10.6 Å². The highest BCUT2D eigenvalue weighted by atomic mass is 16.6. The second-order valence-electron chi connectivity index (χ2n) is 4.22. The maximum atomic E-state index is 11.4. The van der Waals surface area contributed by atoms with Crippen molar-refractivity contribution in [1.82, 2.24) is 10.6 Å². The first-order valence-electron chi connectivity index (χ1n) is 5.55. The summed E-state index contributed by atoms with van der Waals surface area (Å²) in [5.41, 5.74) is -1.62. The first kappa shape index (κ1) is 14.2. The van der Waals surface area contributed by atoms with Gasteiger partial charge in [-0.25, -0.2) is 4.79 Å². The molecule has 0 radical (unpaired) electrons. The molecule has 110 valence electrons. The van der Waals surface area contributed by atoms with Crippen molar-refractivity contribution in [2.75, 3.05) is 0 Å². The van der Waals surface area contributed by atoms with E-state index in [1.807, 2.05) is 5.32 Å². The van der Waals surface area contributed by atoms with E-state index in [4.69, 9.17) is 0 Å². The van der Waals surface area contributed by atoms with Crippen molar-refractivity contribution in [2.24, 2.45) is 0 Å². The lowest BCUT2D eigenvalue weighted by molar-refractivity contribution is -0.396. The van der Waals surface area contributed by atoms with Crippen LogP contribution in [0, 0.1) is 20.2 Å². The van der Waals surface area contributed by atoms with Gasteiger partial charge in [-0.05, 0) is 5.56 Å². The molecule has 3 amide bonds. The first-order chi connectivity index (χ1) is 9.79. The molecule has 21 heavy (non-hydrogen) atoms. The van der Waals surface area contributed by atoms with Crippen LogP contribution >= 0.6 is 0 Å².